The number of carbonyl (C=O) groups excluding carboxylic acids is 3. The Hall–Kier alpha value is -3.90. The highest BCUT2D eigenvalue weighted by Gasteiger charge is 2.48. The Morgan fingerprint density at radius 3 is 2.47 bits per heavy atom. The quantitative estimate of drug-likeness (QED) is 0.166. The number of hydrogen-bond donors (Lipinski definition) is 0. The number of aromatic nitrogens is 2. The molecule has 264 valence electrons. The number of benzene rings is 2. The number of carbonyl (C=O) groups is 3. The molecule has 3 saturated heterocycles. The molecule has 0 radical (unpaired) electrons. The predicted octanol–water partition coefficient (Wildman–Crippen LogP) is 5.85. The molecule has 4 heterocycles. The zero-order valence-corrected chi connectivity index (χ0v) is 31.1. The van der Waals surface area contributed by atoms with E-state index < -0.39 is 25.6 Å². The number of hydrogen-bond acceptors (Lipinski definition) is 7. The van der Waals surface area contributed by atoms with E-state index in [1.54, 1.807) is 16.2 Å². The van der Waals surface area contributed by atoms with E-state index >= 15 is 0 Å². The van der Waals surface area contributed by atoms with E-state index in [0.29, 0.717) is 25.2 Å². The lowest BCUT2D eigenvalue weighted by molar-refractivity contribution is -0.157. The van der Waals surface area contributed by atoms with E-state index in [2.05, 4.69) is 42.7 Å². The van der Waals surface area contributed by atoms with Gasteiger partial charge in [-0.2, -0.15) is 0 Å². The Balaban J connectivity index is 1.23. The molecule has 3 aliphatic heterocycles. The normalized spacial score (nSPS) is 19.9. The molecule has 49 heavy (non-hydrogen) atoms. The average Bonchev–Trinajstić information content (AvgIpc) is 3.27. The molecule has 0 N–H and O–H groups in total. The minimum atomic E-state index is -1.33. The van der Waals surface area contributed by atoms with Gasteiger partial charge in [-0.05, 0) is 69.8 Å². The van der Waals surface area contributed by atoms with Gasteiger partial charge in [0.1, 0.15) is 18.4 Å². The van der Waals surface area contributed by atoms with Crippen LogP contribution in [0.5, 0.6) is 0 Å². The smallest absolute Gasteiger partial charge is 0.410 e. The number of piperidine rings is 2. The Morgan fingerprint density at radius 2 is 1.76 bits per heavy atom. The number of aryl methyl sites for hydroxylation is 1. The number of nitrogens with zero attached hydrogens (tertiary/aromatic N) is 5. The Morgan fingerprint density at radius 1 is 1.02 bits per heavy atom. The number of anilines is 1. The highest BCUT2D eigenvalue weighted by molar-refractivity contribution is 6.76. The summed E-state index contributed by atoms with van der Waals surface area (Å²) in [6.45, 7) is 16.0. The molecular formula is C37H51N5O6Si. The van der Waals surface area contributed by atoms with Gasteiger partial charge in [0, 0.05) is 71.0 Å². The molecule has 6 rings (SSSR count). The SMILES string of the molecule is Cn1c(=O)n(C2CCC(=O)N(COCC[Si](C)(C)C)C2=O)c2cccc(-c3cccc(N4CCCC5(CN(C(=O)OC(C)(C)C)C5)C4)c3)c21. The van der Waals surface area contributed by atoms with Gasteiger partial charge in [0.25, 0.3) is 5.91 Å². The highest BCUT2D eigenvalue weighted by atomic mass is 28.3. The zero-order chi connectivity index (χ0) is 35.3. The van der Waals surface area contributed by atoms with Crippen LogP contribution in [0.15, 0.2) is 47.3 Å². The van der Waals surface area contributed by atoms with Crippen molar-refractivity contribution in [1.29, 1.82) is 0 Å². The standard InChI is InChI=1S/C37H51N5O6Si/c1-36(2,3)48-35(46)40-23-37(24-40)17-10-18-39(22-37)27-12-8-11-26(21-27)28-13-9-14-29-32(28)38(4)34(45)42(29)30-15-16-31(43)41(33(30)44)25-47-19-20-49(5,6)7/h8-9,11-14,21,30H,10,15-20,22-25H2,1-7H3. The molecule has 1 unspecified atom stereocenters. The summed E-state index contributed by atoms with van der Waals surface area (Å²) in [5.74, 6) is -0.662. The second kappa shape index (κ2) is 13.1. The van der Waals surface area contributed by atoms with Crippen LogP contribution in [0.1, 0.15) is 52.5 Å². The van der Waals surface area contributed by atoms with Gasteiger partial charge in [-0.25, -0.2) is 9.59 Å². The summed E-state index contributed by atoms with van der Waals surface area (Å²) in [5, 5.41) is 0. The van der Waals surface area contributed by atoms with Crippen molar-refractivity contribution in [3.8, 4) is 11.1 Å². The van der Waals surface area contributed by atoms with Crippen LogP contribution in [0, 0.1) is 5.41 Å². The van der Waals surface area contributed by atoms with Gasteiger partial charge in [-0.3, -0.25) is 23.6 Å². The fourth-order valence-corrected chi connectivity index (χ4v) is 8.24. The Bertz CT molecular complexity index is 1810. The lowest BCUT2D eigenvalue weighted by Crippen LogP contribution is -2.64. The molecule has 3 amide bonds. The van der Waals surface area contributed by atoms with Crippen LogP contribution in [-0.2, 0) is 26.1 Å². The third-order valence-electron chi connectivity index (χ3n) is 10.0. The summed E-state index contributed by atoms with van der Waals surface area (Å²) in [7, 11) is 0.415. The summed E-state index contributed by atoms with van der Waals surface area (Å²) in [5.41, 5.74) is 3.62. The summed E-state index contributed by atoms with van der Waals surface area (Å²) < 4.78 is 14.6. The number of fused-ring (bicyclic) bond motifs is 1. The van der Waals surface area contributed by atoms with Gasteiger partial charge in [-0.1, -0.05) is 43.9 Å². The lowest BCUT2D eigenvalue weighted by Gasteiger charge is -2.54. The summed E-state index contributed by atoms with van der Waals surface area (Å²) in [6.07, 6.45) is 2.31. The van der Waals surface area contributed by atoms with E-state index in [1.165, 1.54) is 4.90 Å². The number of likely N-dealkylation sites (tertiary alicyclic amines) is 2. The highest BCUT2D eigenvalue weighted by Crippen LogP contribution is 2.42. The monoisotopic (exact) mass is 689 g/mol. The third kappa shape index (κ3) is 7.21. The van der Waals surface area contributed by atoms with Gasteiger partial charge >= 0.3 is 11.8 Å². The largest absolute Gasteiger partial charge is 0.444 e. The first kappa shape index (κ1) is 34.9. The van der Waals surface area contributed by atoms with Crippen molar-refractivity contribution in [2.45, 2.75) is 83.8 Å². The molecule has 3 aromatic rings. The first-order valence-electron chi connectivity index (χ1n) is 17.5. The first-order chi connectivity index (χ1) is 23.1. The zero-order valence-electron chi connectivity index (χ0n) is 30.1. The van der Waals surface area contributed by atoms with E-state index in [-0.39, 0.29) is 42.7 Å². The summed E-state index contributed by atoms with van der Waals surface area (Å²) >= 11 is 0. The number of rotatable bonds is 8. The molecule has 11 nitrogen and oxygen atoms in total. The fraction of sp³-hybridized carbons (Fsp3) is 0.568. The number of imidazole rings is 1. The minimum Gasteiger partial charge on any atom is -0.444 e. The number of imide groups is 1. The molecule has 3 aliphatic rings. The van der Waals surface area contributed by atoms with Crippen molar-refractivity contribution in [1.82, 2.24) is 18.9 Å². The van der Waals surface area contributed by atoms with Crippen LogP contribution in [-0.4, -0.2) is 90.0 Å². The predicted molar refractivity (Wildman–Crippen MR) is 193 cm³/mol. The maximum Gasteiger partial charge on any atom is 0.410 e. The molecule has 3 fully saturated rings. The van der Waals surface area contributed by atoms with Gasteiger partial charge < -0.3 is 19.3 Å². The van der Waals surface area contributed by atoms with Crippen molar-refractivity contribution in [3.05, 3.63) is 52.9 Å². The van der Waals surface area contributed by atoms with Crippen LogP contribution in [0.4, 0.5) is 10.5 Å². The number of ether oxygens (including phenoxy) is 2. The number of amides is 3. The fourth-order valence-electron chi connectivity index (χ4n) is 7.48. The number of para-hydroxylation sites is 1. The van der Waals surface area contributed by atoms with Crippen LogP contribution >= 0.6 is 0 Å². The van der Waals surface area contributed by atoms with Crippen molar-refractivity contribution < 1.29 is 23.9 Å². The second-order valence-electron chi connectivity index (χ2n) is 16.4. The molecule has 0 bridgehead atoms. The lowest BCUT2D eigenvalue weighted by atomic mass is 9.73. The van der Waals surface area contributed by atoms with E-state index in [0.717, 1.165) is 54.3 Å². The average molecular weight is 690 g/mol. The van der Waals surface area contributed by atoms with Crippen molar-refractivity contribution in [2.24, 2.45) is 12.5 Å². The molecule has 2 aromatic carbocycles. The van der Waals surface area contributed by atoms with Crippen molar-refractivity contribution >= 4 is 42.7 Å². The third-order valence-corrected chi connectivity index (χ3v) is 11.7. The van der Waals surface area contributed by atoms with Crippen LogP contribution < -0.4 is 10.6 Å². The maximum atomic E-state index is 13.9. The van der Waals surface area contributed by atoms with Crippen molar-refractivity contribution in [3.63, 3.8) is 0 Å². The van der Waals surface area contributed by atoms with Gasteiger partial charge in [-0.15, -0.1) is 0 Å². The Labute approximate surface area is 289 Å². The Kier molecular flexibility index (Phi) is 9.34. The molecule has 1 atom stereocenters. The summed E-state index contributed by atoms with van der Waals surface area (Å²) in [6, 6.07) is 14.3. The summed E-state index contributed by atoms with van der Waals surface area (Å²) in [4.78, 5) is 58.4. The van der Waals surface area contributed by atoms with Gasteiger partial charge in [0.15, 0.2) is 0 Å². The van der Waals surface area contributed by atoms with E-state index in [4.69, 9.17) is 9.47 Å². The van der Waals surface area contributed by atoms with Gasteiger partial charge in [0.2, 0.25) is 5.91 Å². The molecular weight excluding hydrogens is 639 g/mol. The molecule has 1 aromatic heterocycles. The molecule has 0 saturated carbocycles. The van der Waals surface area contributed by atoms with E-state index in [1.807, 2.05) is 49.9 Å². The van der Waals surface area contributed by atoms with E-state index in [9.17, 15) is 19.2 Å². The van der Waals surface area contributed by atoms with Crippen molar-refractivity contribution in [2.75, 3.05) is 44.4 Å². The van der Waals surface area contributed by atoms with Gasteiger partial charge in [0.05, 0.1) is 11.0 Å². The minimum absolute atomic E-state index is 0.0491. The topological polar surface area (TPSA) is 106 Å². The second-order valence-corrected chi connectivity index (χ2v) is 22.0. The molecule has 1 spiro atoms. The molecule has 0 aliphatic carbocycles. The van der Waals surface area contributed by atoms with Crippen LogP contribution in [0.2, 0.25) is 25.7 Å². The van der Waals surface area contributed by atoms with Crippen LogP contribution in [0.25, 0.3) is 22.2 Å². The first-order valence-corrected chi connectivity index (χ1v) is 21.2. The molecule has 12 heteroatoms. The maximum absolute atomic E-state index is 13.9. The van der Waals surface area contributed by atoms with Crippen LogP contribution in [0.3, 0.4) is 0 Å².